The number of halogens is 2. The maximum atomic E-state index is 13.8. The zero-order valence-electron chi connectivity index (χ0n) is 19.8. The quantitative estimate of drug-likeness (QED) is 0.361. The predicted octanol–water partition coefficient (Wildman–Crippen LogP) is 5.74. The van der Waals surface area contributed by atoms with E-state index in [4.69, 9.17) is 14.5 Å². The first-order chi connectivity index (χ1) is 17.4. The molecule has 0 atom stereocenters. The third kappa shape index (κ3) is 4.72. The van der Waals surface area contributed by atoms with Crippen LogP contribution in [-0.4, -0.2) is 31.8 Å². The van der Waals surface area contributed by atoms with Crippen molar-refractivity contribution in [1.29, 1.82) is 0 Å². The molecule has 0 saturated carbocycles. The van der Waals surface area contributed by atoms with Gasteiger partial charge in [0.25, 0.3) is 0 Å². The highest BCUT2D eigenvalue weighted by atomic mass is 19.1. The summed E-state index contributed by atoms with van der Waals surface area (Å²) < 4.78 is 37.6. The van der Waals surface area contributed by atoms with E-state index in [1.807, 2.05) is 24.3 Å². The van der Waals surface area contributed by atoms with Crippen LogP contribution in [0.15, 0.2) is 60.7 Å². The normalized spacial score (nSPS) is 12.4. The van der Waals surface area contributed by atoms with Crippen molar-refractivity contribution in [3.8, 4) is 11.5 Å². The summed E-state index contributed by atoms with van der Waals surface area (Å²) in [7, 11) is 3.22. The molecule has 0 aliphatic carbocycles. The van der Waals surface area contributed by atoms with Gasteiger partial charge in [-0.25, -0.2) is 13.6 Å². The number of carbonyl (C=O) groups excluding carboxylic acids is 1. The van der Waals surface area contributed by atoms with Crippen molar-refractivity contribution in [2.24, 2.45) is 0 Å². The number of rotatable bonds is 6. The first-order valence-corrected chi connectivity index (χ1v) is 11.4. The summed E-state index contributed by atoms with van der Waals surface area (Å²) in [6.45, 7) is 1.53. The number of nitrogens with one attached hydrogen (secondary N) is 2. The van der Waals surface area contributed by atoms with Gasteiger partial charge in [-0.1, -0.05) is 12.1 Å². The van der Waals surface area contributed by atoms with E-state index in [0.29, 0.717) is 29.8 Å². The standard InChI is InChI=1S/C27H24F2N4O3/c1-35-25-12-17-11-24-22(31-23(17)14-26(25)36-2)9-10-33(24)15-16-3-6-19(7-4-16)30-27(34)32-21-8-5-18(28)13-20(21)29/h3-8,11-14H,9-10,15H2,1-2H3,(H2,30,32,34). The SMILES string of the molecule is COc1cc2cc3c(nc2cc1OC)CCN3Cc1ccc(NC(=O)Nc2ccc(F)cc2F)cc1. The topological polar surface area (TPSA) is 75.7 Å². The van der Waals surface area contributed by atoms with Crippen molar-refractivity contribution in [3.05, 3.63) is 83.6 Å². The van der Waals surface area contributed by atoms with E-state index in [9.17, 15) is 13.6 Å². The van der Waals surface area contributed by atoms with Crippen molar-refractivity contribution in [1.82, 2.24) is 4.98 Å². The number of ether oxygens (including phenoxy) is 2. The molecule has 2 N–H and O–H groups in total. The van der Waals surface area contributed by atoms with Gasteiger partial charge >= 0.3 is 6.03 Å². The molecule has 0 bridgehead atoms. The first kappa shape index (κ1) is 23.3. The summed E-state index contributed by atoms with van der Waals surface area (Å²) in [5, 5.41) is 6.00. The van der Waals surface area contributed by atoms with Gasteiger partial charge in [0.1, 0.15) is 11.6 Å². The van der Waals surface area contributed by atoms with Crippen LogP contribution in [0.2, 0.25) is 0 Å². The lowest BCUT2D eigenvalue weighted by Crippen LogP contribution is -2.21. The van der Waals surface area contributed by atoms with Crippen molar-refractivity contribution in [2.75, 3.05) is 36.3 Å². The number of amides is 2. The summed E-state index contributed by atoms with van der Waals surface area (Å²) in [5.41, 5.74) is 4.49. The third-order valence-corrected chi connectivity index (χ3v) is 6.10. The largest absolute Gasteiger partial charge is 0.493 e. The molecule has 184 valence electrons. The number of anilines is 3. The molecule has 4 aromatic rings. The van der Waals surface area contributed by atoms with Crippen molar-refractivity contribution >= 4 is 34.0 Å². The Bertz CT molecular complexity index is 1440. The second-order valence-electron chi connectivity index (χ2n) is 8.43. The summed E-state index contributed by atoms with van der Waals surface area (Å²) in [4.78, 5) is 19.3. The average molecular weight is 491 g/mol. The van der Waals surface area contributed by atoms with E-state index in [0.717, 1.165) is 46.9 Å². The van der Waals surface area contributed by atoms with Crippen LogP contribution in [0.3, 0.4) is 0 Å². The minimum Gasteiger partial charge on any atom is -0.493 e. The molecule has 0 unspecified atom stereocenters. The molecule has 7 nitrogen and oxygen atoms in total. The van der Waals surface area contributed by atoms with Crippen LogP contribution >= 0.6 is 0 Å². The minimum absolute atomic E-state index is 0.101. The lowest BCUT2D eigenvalue weighted by molar-refractivity contribution is 0.262. The van der Waals surface area contributed by atoms with Gasteiger partial charge in [0.15, 0.2) is 11.5 Å². The third-order valence-electron chi connectivity index (χ3n) is 6.10. The highest BCUT2D eigenvalue weighted by Gasteiger charge is 2.22. The number of hydrogen-bond donors (Lipinski definition) is 2. The van der Waals surface area contributed by atoms with E-state index in [1.165, 1.54) is 6.07 Å². The average Bonchev–Trinajstić information content (AvgIpc) is 3.25. The summed E-state index contributed by atoms with van der Waals surface area (Å²) in [6.07, 6.45) is 0.847. The van der Waals surface area contributed by atoms with Crippen LogP contribution < -0.4 is 25.0 Å². The second kappa shape index (κ2) is 9.69. The Labute approximate surface area is 206 Å². The lowest BCUT2D eigenvalue weighted by Gasteiger charge is -2.20. The number of pyridine rings is 1. The van der Waals surface area contributed by atoms with Gasteiger partial charge < -0.3 is 25.0 Å². The van der Waals surface area contributed by atoms with E-state index < -0.39 is 17.7 Å². The Morgan fingerprint density at radius 2 is 1.72 bits per heavy atom. The van der Waals surface area contributed by atoms with Crippen LogP contribution in [0.25, 0.3) is 10.9 Å². The Morgan fingerprint density at radius 3 is 2.44 bits per heavy atom. The molecule has 1 aliphatic rings. The summed E-state index contributed by atoms with van der Waals surface area (Å²) in [5.74, 6) is -0.243. The van der Waals surface area contributed by atoms with E-state index in [1.54, 1.807) is 26.4 Å². The highest BCUT2D eigenvalue weighted by molar-refractivity contribution is 5.99. The number of benzene rings is 3. The van der Waals surface area contributed by atoms with Crippen LogP contribution in [0, 0.1) is 11.6 Å². The van der Waals surface area contributed by atoms with Gasteiger partial charge in [-0.2, -0.15) is 0 Å². The molecule has 0 fully saturated rings. The number of aromatic nitrogens is 1. The molecule has 0 radical (unpaired) electrons. The fraction of sp³-hybridized carbons (Fsp3) is 0.185. The molecule has 5 rings (SSSR count). The number of carbonyl (C=O) groups is 1. The van der Waals surface area contributed by atoms with Crippen LogP contribution in [0.5, 0.6) is 11.5 Å². The van der Waals surface area contributed by atoms with Crippen molar-refractivity contribution in [2.45, 2.75) is 13.0 Å². The molecule has 0 spiro atoms. The van der Waals surface area contributed by atoms with Crippen molar-refractivity contribution in [3.63, 3.8) is 0 Å². The Balaban J connectivity index is 1.27. The highest BCUT2D eigenvalue weighted by Crippen LogP contribution is 2.36. The van der Waals surface area contributed by atoms with Gasteiger partial charge in [-0.3, -0.25) is 4.98 Å². The second-order valence-corrected chi connectivity index (χ2v) is 8.43. The molecule has 3 aromatic carbocycles. The summed E-state index contributed by atoms with van der Waals surface area (Å²) >= 11 is 0. The molecule has 2 amide bonds. The first-order valence-electron chi connectivity index (χ1n) is 11.4. The van der Waals surface area contributed by atoms with Gasteiger partial charge in [0.05, 0.1) is 36.8 Å². The predicted molar refractivity (Wildman–Crippen MR) is 135 cm³/mol. The Morgan fingerprint density at radius 1 is 0.972 bits per heavy atom. The van der Waals surface area contributed by atoms with Gasteiger partial charge in [-0.15, -0.1) is 0 Å². The number of nitrogens with zero attached hydrogens (tertiary/aromatic N) is 2. The number of methoxy groups -OCH3 is 2. The van der Waals surface area contributed by atoms with Gasteiger partial charge in [0.2, 0.25) is 0 Å². The maximum absolute atomic E-state index is 13.8. The number of fused-ring (bicyclic) bond motifs is 2. The van der Waals surface area contributed by atoms with Gasteiger partial charge in [-0.05, 0) is 42.0 Å². The Hall–Kier alpha value is -4.40. The van der Waals surface area contributed by atoms with Crippen LogP contribution in [0.1, 0.15) is 11.3 Å². The number of hydrogen-bond acceptors (Lipinski definition) is 5. The monoisotopic (exact) mass is 490 g/mol. The molecule has 0 saturated heterocycles. The zero-order valence-corrected chi connectivity index (χ0v) is 19.8. The summed E-state index contributed by atoms with van der Waals surface area (Å²) in [6, 6.07) is 15.7. The molecule has 2 heterocycles. The molecule has 1 aromatic heterocycles. The van der Waals surface area contributed by atoms with E-state index in [-0.39, 0.29) is 5.69 Å². The fourth-order valence-electron chi connectivity index (χ4n) is 4.30. The zero-order chi connectivity index (χ0) is 25.2. The molecule has 9 heteroatoms. The van der Waals surface area contributed by atoms with E-state index in [2.05, 4.69) is 21.6 Å². The molecule has 1 aliphatic heterocycles. The minimum atomic E-state index is -0.841. The maximum Gasteiger partial charge on any atom is 0.323 e. The fourth-order valence-corrected chi connectivity index (χ4v) is 4.30. The molecular formula is C27H24F2N4O3. The molecular weight excluding hydrogens is 466 g/mol. The van der Waals surface area contributed by atoms with Crippen LogP contribution in [0.4, 0.5) is 30.6 Å². The van der Waals surface area contributed by atoms with Crippen molar-refractivity contribution < 1.29 is 23.0 Å². The van der Waals surface area contributed by atoms with Crippen LogP contribution in [-0.2, 0) is 13.0 Å². The lowest BCUT2D eigenvalue weighted by atomic mass is 10.1. The van der Waals surface area contributed by atoms with Gasteiger partial charge in [0, 0.05) is 42.7 Å². The molecule has 36 heavy (non-hydrogen) atoms. The Kier molecular flexibility index (Phi) is 6.28. The number of urea groups is 1. The smallest absolute Gasteiger partial charge is 0.323 e. The van der Waals surface area contributed by atoms with E-state index >= 15 is 0 Å².